The fourth-order valence-corrected chi connectivity index (χ4v) is 12.3. The van der Waals surface area contributed by atoms with Crippen molar-refractivity contribution in [2.24, 2.45) is 40.4 Å². The second-order valence-electron chi connectivity index (χ2n) is 17.0. The van der Waals surface area contributed by atoms with E-state index in [4.69, 9.17) is 6.42 Å². The zero-order chi connectivity index (χ0) is 34.1. The van der Waals surface area contributed by atoms with Gasteiger partial charge in [-0.25, -0.2) is 4.98 Å². The largest absolute Gasteiger partial charge is 0.377 e. The van der Waals surface area contributed by atoms with Crippen molar-refractivity contribution in [3.8, 4) is 12.3 Å². The van der Waals surface area contributed by atoms with Gasteiger partial charge in [-0.1, -0.05) is 50.1 Å². The molecule has 0 bridgehead atoms. The molecular formula is C42H54N4O3. The molecule has 7 nitrogen and oxygen atoms in total. The number of aliphatic hydroxyl groups is 1. The van der Waals surface area contributed by atoms with Crippen molar-refractivity contribution in [3.05, 3.63) is 54.7 Å². The number of para-hydroxylation sites is 1. The van der Waals surface area contributed by atoms with Crippen LogP contribution in [-0.2, 0) is 4.79 Å². The van der Waals surface area contributed by atoms with Crippen LogP contribution < -0.4 is 0 Å². The molecule has 1 N–H and O–H groups in total. The maximum atomic E-state index is 14.0. The van der Waals surface area contributed by atoms with Gasteiger partial charge in [0.05, 0.1) is 5.52 Å². The number of pyridine rings is 1. The van der Waals surface area contributed by atoms with Crippen LogP contribution >= 0.6 is 0 Å². The van der Waals surface area contributed by atoms with Gasteiger partial charge >= 0.3 is 0 Å². The van der Waals surface area contributed by atoms with Crippen LogP contribution in [0.3, 0.4) is 0 Å². The minimum absolute atomic E-state index is 0.0890. The van der Waals surface area contributed by atoms with Gasteiger partial charge in [0.2, 0.25) is 5.91 Å². The number of nitrogens with zero attached hydrogens (tertiary/aromatic N) is 4. The predicted octanol–water partition coefficient (Wildman–Crippen LogP) is 6.17. The summed E-state index contributed by atoms with van der Waals surface area (Å²) < 4.78 is 0. The number of aromatic nitrogens is 1. The van der Waals surface area contributed by atoms with Gasteiger partial charge in [-0.2, -0.15) is 0 Å². The van der Waals surface area contributed by atoms with E-state index in [2.05, 4.69) is 42.3 Å². The Balaban J connectivity index is 0.940. The summed E-state index contributed by atoms with van der Waals surface area (Å²) in [5, 5.41) is 12.5. The number of carbonyl (C=O) groups excluding carboxylic acids is 2. The zero-order valence-electron chi connectivity index (χ0n) is 29.5. The number of likely N-dealkylation sites (tertiary alicyclic amines) is 1. The maximum absolute atomic E-state index is 14.0. The molecule has 4 aliphatic carbocycles. The minimum atomic E-state index is -0.962. The Labute approximate surface area is 292 Å². The molecule has 0 spiro atoms. The standard InChI is InChI=1S/C42H54N4O3/c1-5-28-26-30-14-15-31-32(17-19-41(4)33(31)18-20-42(41,49)6-2)40(30,3)27-37(28)44-22-24-45(25-23-44)39(48)36-12-9-21-46(36)38(47)35-16-13-29-10-7-8-11-34(29)43-35/h2,5,7-8,10-11,13,16,28,30-33,36-37,49H,1,9,12,14-15,17-27H2,3-4H3. The van der Waals surface area contributed by atoms with Crippen molar-refractivity contribution < 1.29 is 14.7 Å². The highest BCUT2D eigenvalue weighted by atomic mass is 16.3. The van der Waals surface area contributed by atoms with E-state index in [0.29, 0.717) is 67.4 Å². The SMILES string of the molecule is C#CC1(O)CCC2C3CCC4CC(C=C)C(N5CCN(C(=O)C6CCCN6C(=O)c6ccc7ccccc7n6)CC5)CC4(C)C3CCC21C. The Bertz CT molecular complexity index is 1680. The Hall–Kier alpha value is -3.21. The van der Waals surface area contributed by atoms with Crippen molar-refractivity contribution in [1.82, 2.24) is 19.7 Å². The maximum Gasteiger partial charge on any atom is 0.273 e. The Morgan fingerprint density at radius 2 is 1.76 bits per heavy atom. The van der Waals surface area contributed by atoms with Crippen LogP contribution in [0, 0.1) is 52.8 Å². The molecule has 1 aromatic carbocycles. The molecule has 1 aromatic heterocycles. The molecule has 8 rings (SSSR count). The summed E-state index contributed by atoms with van der Waals surface area (Å²) >= 11 is 0. The lowest BCUT2D eigenvalue weighted by Crippen LogP contribution is -2.62. The normalized spacial score (nSPS) is 40.7. The summed E-state index contributed by atoms with van der Waals surface area (Å²) in [6.07, 6.45) is 18.6. The van der Waals surface area contributed by atoms with Crippen molar-refractivity contribution in [2.45, 2.75) is 95.7 Å². The number of fused-ring (bicyclic) bond motifs is 6. The fourth-order valence-electron chi connectivity index (χ4n) is 12.3. The van der Waals surface area contributed by atoms with Crippen molar-refractivity contribution in [1.29, 1.82) is 0 Å². The van der Waals surface area contributed by atoms with Gasteiger partial charge in [-0.3, -0.25) is 14.5 Å². The third-order valence-corrected chi connectivity index (χ3v) is 15.2. The number of hydrogen-bond acceptors (Lipinski definition) is 5. The summed E-state index contributed by atoms with van der Waals surface area (Å²) in [6, 6.07) is 11.6. The number of hydrogen-bond donors (Lipinski definition) is 1. The average Bonchev–Trinajstić information content (AvgIpc) is 3.73. The third kappa shape index (κ3) is 5.10. The molecular weight excluding hydrogens is 608 g/mol. The number of carbonyl (C=O) groups is 2. The molecule has 7 heteroatoms. The lowest BCUT2D eigenvalue weighted by Gasteiger charge is -2.63. The molecule has 49 heavy (non-hydrogen) atoms. The fraction of sp³-hybridized carbons (Fsp3) is 0.643. The lowest BCUT2D eigenvalue weighted by atomic mass is 9.43. The van der Waals surface area contributed by atoms with Gasteiger partial charge in [0, 0.05) is 49.6 Å². The minimum Gasteiger partial charge on any atom is -0.377 e. The van der Waals surface area contributed by atoms with Crippen LogP contribution in [0.4, 0.5) is 0 Å². The molecule has 3 heterocycles. The predicted molar refractivity (Wildman–Crippen MR) is 192 cm³/mol. The highest BCUT2D eigenvalue weighted by molar-refractivity contribution is 5.98. The van der Waals surface area contributed by atoms with Crippen LogP contribution in [-0.4, -0.2) is 87.0 Å². The first kappa shape index (κ1) is 33.0. The highest BCUT2D eigenvalue weighted by Crippen LogP contribution is 2.68. The van der Waals surface area contributed by atoms with Gasteiger partial charge in [0.25, 0.3) is 5.91 Å². The summed E-state index contributed by atoms with van der Waals surface area (Å²) in [7, 11) is 0. The Morgan fingerprint density at radius 3 is 2.53 bits per heavy atom. The lowest BCUT2D eigenvalue weighted by molar-refractivity contribution is -0.151. The molecule has 10 atom stereocenters. The van der Waals surface area contributed by atoms with Gasteiger partial charge in [-0.05, 0) is 111 Å². The summed E-state index contributed by atoms with van der Waals surface area (Å²) in [5.74, 6) is 5.77. The summed E-state index contributed by atoms with van der Waals surface area (Å²) in [4.78, 5) is 38.7. The molecule has 6 fully saturated rings. The van der Waals surface area contributed by atoms with Crippen molar-refractivity contribution in [2.75, 3.05) is 32.7 Å². The van der Waals surface area contributed by atoms with Crippen LogP contribution in [0.1, 0.15) is 88.5 Å². The van der Waals surface area contributed by atoms with Gasteiger partial charge in [0.15, 0.2) is 0 Å². The first-order valence-electron chi connectivity index (χ1n) is 19.1. The highest BCUT2D eigenvalue weighted by Gasteiger charge is 2.65. The number of terminal acetylenes is 1. The molecule has 2 saturated heterocycles. The third-order valence-electron chi connectivity index (χ3n) is 15.2. The van der Waals surface area contributed by atoms with E-state index < -0.39 is 11.6 Å². The number of rotatable bonds is 4. The summed E-state index contributed by atoms with van der Waals surface area (Å²) in [5.41, 5.74) is 0.344. The number of amides is 2. The Kier molecular flexibility index (Phi) is 8.23. The molecule has 260 valence electrons. The second kappa shape index (κ2) is 12.2. The van der Waals surface area contributed by atoms with Crippen LogP contribution in [0.5, 0.6) is 0 Å². The van der Waals surface area contributed by atoms with E-state index in [9.17, 15) is 14.7 Å². The zero-order valence-corrected chi connectivity index (χ0v) is 29.5. The molecule has 4 saturated carbocycles. The van der Waals surface area contributed by atoms with E-state index >= 15 is 0 Å². The topological polar surface area (TPSA) is 77.0 Å². The van der Waals surface area contributed by atoms with E-state index in [0.717, 1.165) is 56.1 Å². The van der Waals surface area contributed by atoms with Crippen molar-refractivity contribution in [3.63, 3.8) is 0 Å². The van der Waals surface area contributed by atoms with E-state index in [1.54, 1.807) is 11.0 Å². The molecule has 2 amide bonds. The molecule has 2 aliphatic heterocycles. The monoisotopic (exact) mass is 662 g/mol. The van der Waals surface area contributed by atoms with Crippen LogP contribution in [0.2, 0.25) is 0 Å². The first-order chi connectivity index (χ1) is 23.6. The molecule has 10 unspecified atom stereocenters. The first-order valence-corrected chi connectivity index (χ1v) is 19.1. The quantitative estimate of drug-likeness (QED) is 0.313. The Morgan fingerprint density at radius 1 is 0.980 bits per heavy atom. The number of benzene rings is 1. The second-order valence-corrected chi connectivity index (χ2v) is 17.0. The van der Waals surface area contributed by atoms with Gasteiger partial charge in [-0.15, -0.1) is 13.0 Å². The molecule has 6 aliphatic rings. The summed E-state index contributed by atoms with van der Waals surface area (Å²) in [6.45, 7) is 12.9. The van der Waals surface area contributed by atoms with Gasteiger partial charge < -0.3 is 14.9 Å². The average molecular weight is 663 g/mol. The molecule has 0 radical (unpaired) electrons. The van der Waals surface area contributed by atoms with Crippen LogP contribution in [0.25, 0.3) is 10.9 Å². The van der Waals surface area contributed by atoms with Crippen LogP contribution in [0.15, 0.2) is 49.1 Å². The van der Waals surface area contributed by atoms with Crippen molar-refractivity contribution >= 4 is 22.7 Å². The van der Waals surface area contributed by atoms with E-state index in [1.165, 1.54) is 25.7 Å². The van der Waals surface area contributed by atoms with E-state index in [-0.39, 0.29) is 22.6 Å². The molecule has 2 aromatic rings. The van der Waals surface area contributed by atoms with E-state index in [1.807, 2.05) is 35.2 Å². The van der Waals surface area contributed by atoms with Gasteiger partial charge in [0.1, 0.15) is 17.3 Å². The smallest absolute Gasteiger partial charge is 0.273 e. The number of piperazine rings is 1.